The highest BCUT2D eigenvalue weighted by atomic mass is 16.2. The molecule has 0 spiro atoms. The molecule has 1 fully saturated rings. The minimum atomic E-state index is 0.179. The molecule has 0 radical (unpaired) electrons. The van der Waals surface area contributed by atoms with Crippen LogP contribution in [0.15, 0.2) is 37.2 Å². The molecule has 5 nitrogen and oxygen atoms in total. The maximum atomic E-state index is 11.5. The van der Waals surface area contributed by atoms with Crippen molar-refractivity contribution >= 4 is 5.91 Å². The van der Waals surface area contributed by atoms with Crippen LogP contribution in [0.4, 0.5) is 0 Å². The maximum Gasteiger partial charge on any atom is 0.219 e. The molecule has 1 aliphatic heterocycles. The predicted molar refractivity (Wildman–Crippen MR) is 83.9 cm³/mol. The summed E-state index contributed by atoms with van der Waals surface area (Å²) < 4.78 is 0. The lowest BCUT2D eigenvalue weighted by Crippen LogP contribution is -2.39. The molecule has 0 bridgehead atoms. The third-order valence-electron chi connectivity index (χ3n) is 4.18. The molecule has 2 aromatic heterocycles. The number of nitrogens with zero attached hydrogens (tertiary/aromatic N) is 4. The van der Waals surface area contributed by atoms with E-state index in [2.05, 4.69) is 21.0 Å². The van der Waals surface area contributed by atoms with Crippen LogP contribution >= 0.6 is 0 Å². The minimum Gasteiger partial charge on any atom is -0.343 e. The Morgan fingerprint density at radius 2 is 1.95 bits per heavy atom. The van der Waals surface area contributed by atoms with Crippen LogP contribution in [-0.2, 0) is 11.2 Å². The number of carbonyl (C=O) groups is 1. The number of rotatable bonds is 3. The van der Waals surface area contributed by atoms with Gasteiger partial charge in [0.25, 0.3) is 0 Å². The zero-order valence-corrected chi connectivity index (χ0v) is 12.8. The van der Waals surface area contributed by atoms with E-state index in [1.54, 1.807) is 19.3 Å². The van der Waals surface area contributed by atoms with Crippen LogP contribution in [0.25, 0.3) is 11.1 Å². The van der Waals surface area contributed by atoms with Crippen molar-refractivity contribution in [1.82, 2.24) is 19.9 Å². The summed E-state index contributed by atoms with van der Waals surface area (Å²) in [6.45, 7) is 3.40. The van der Waals surface area contributed by atoms with Crippen molar-refractivity contribution in [1.29, 1.82) is 0 Å². The van der Waals surface area contributed by atoms with Crippen LogP contribution in [0, 0.1) is 5.92 Å². The second kappa shape index (κ2) is 6.64. The number of likely N-dealkylation sites (tertiary alicyclic amines) is 1. The highest BCUT2D eigenvalue weighted by Gasteiger charge is 2.21. The summed E-state index contributed by atoms with van der Waals surface area (Å²) in [6.07, 6.45) is 12.1. The van der Waals surface area contributed by atoms with Crippen LogP contribution in [-0.4, -0.2) is 38.8 Å². The number of carbonyl (C=O) groups excluding carboxylic acids is 1. The predicted octanol–water partition coefficient (Wildman–Crippen LogP) is 2.34. The summed E-state index contributed by atoms with van der Waals surface area (Å²) in [5.41, 5.74) is 3.22. The Morgan fingerprint density at radius 1 is 1.18 bits per heavy atom. The van der Waals surface area contributed by atoms with Gasteiger partial charge in [-0.15, -0.1) is 0 Å². The van der Waals surface area contributed by atoms with Crippen LogP contribution in [0.2, 0.25) is 0 Å². The van der Waals surface area contributed by atoms with E-state index in [1.807, 2.05) is 17.3 Å². The standard InChI is InChI=1S/C17H20N4O/c1-13(22)21-4-2-3-14(11-21)5-15-6-16(8-18-7-15)17-9-19-12-20-10-17/h6-10,12,14H,2-5,11H2,1H3. The van der Waals surface area contributed by atoms with Gasteiger partial charge in [0.05, 0.1) is 0 Å². The molecule has 0 saturated carbocycles. The topological polar surface area (TPSA) is 59.0 Å². The van der Waals surface area contributed by atoms with Gasteiger partial charge < -0.3 is 4.90 Å². The second-order valence-corrected chi connectivity index (χ2v) is 5.89. The number of hydrogen-bond acceptors (Lipinski definition) is 4. The average molecular weight is 296 g/mol. The van der Waals surface area contributed by atoms with Crippen LogP contribution in [0.3, 0.4) is 0 Å². The maximum absolute atomic E-state index is 11.5. The normalized spacial score (nSPS) is 18.2. The molecule has 1 saturated heterocycles. The number of piperidine rings is 1. The van der Waals surface area contributed by atoms with Crippen molar-refractivity contribution in [2.75, 3.05) is 13.1 Å². The van der Waals surface area contributed by atoms with E-state index in [1.165, 1.54) is 18.3 Å². The number of hydrogen-bond donors (Lipinski definition) is 0. The van der Waals surface area contributed by atoms with Crippen LogP contribution in [0.1, 0.15) is 25.3 Å². The first-order valence-corrected chi connectivity index (χ1v) is 7.67. The summed E-state index contributed by atoms with van der Waals surface area (Å²) in [5, 5.41) is 0. The minimum absolute atomic E-state index is 0.179. The van der Waals surface area contributed by atoms with Crippen molar-refractivity contribution in [3.63, 3.8) is 0 Å². The Hall–Kier alpha value is -2.30. The molecule has 3 rings (SSSR count). The molecule has 1 atom stereocenters. The fourth-order valence-electron chi connectivity index (χ4n) is 3.06. The highest BCUT2D eigenvalue weighted by Crippen LogP contribution is 2.23. The first kappa shape index (κ1) is 14.6. The number of amides is 1. The van der Waals surface area contributed by atoms with Gasteiger partial charge in [-0.05, 0) is 36.8 Å². The van der Waals surface area contributed by atoms with E-state index < -0.39 is 0 Å². The summed E-state index contributed by atoms with van der Waals surface area (Å²) in [7, 11) is 0. The zero-order chi connectivity index (χ0) is 15.4. The smallest absolute Gasteiger partial charge is 0.219 e. The third-order valence-corrected chi connectivity index (χ3v) is 4.18. The lowest BCUT2D eigenvalue weighted by molar-refractivity contribution is -0.130. The SMILES string of the molecule is CC(=O)N1CCCC(Cc2cncc(-c3cncnc3)c2)C1. The van der Waals surface area contributed by atoms with Crippen LogP contribution < -0.4 is 0 Å². The fraction of sp³-hybridized carbons (Fsp3) is 0.412. The number of aromatic nitrogens is 3. The Bertz CT molecular complexity index is 644. The van der Waals surface area contributed by atoms with Gasteiger partial charge in [0.15, 0.2) is 0 Å². The molecule has 1 amide bonds. The third kappa shape index (κ3) is 3.47. The van der Waals surface area contributed by atoms with Gasteiger partial charge in [-0.2, -0.15) is 0 Å². The van der Waals surface area contributed by atoms with Gasteiger partial charge in [0, 0.05) is 55.9 Å². The molecule has 0 N–H and O–H groups in total. The molecular formula is C17H20N4O. The Labute approximate surface area is 130 Å². The molecule has 5 heteroatoms. The van der Waals surface area contributed by atoms with Gasteiger partial charge in [0.2, 0.25) is 5.91 Å². The average Bonchev–Trinajstić information content (AvgIpc) is 2.56. The van der Waals surface area contributed by atoms with E-state index in [0.717, 1.165) is 37.1 Å². The zero-order valence-electron chi connectivity index (χ0n) is 12.8. The van der Waals surface area contributed by atoms with Crippen molar-refractivity contribution < 1.29 is 4.79 Å². The molecule has 2 aromatic rings. The first-order chi connectivity index (χ1) is 10.7. The molecule has 0 aliphatic carbocycles. The molecular weight excluding hydrogens is 276 g/mol. The quantitative estimate of drug-likeness (QED) is 0.872. The fourth-order valence-corrected chi connectivity index (χ4v) is 3.06. The van der Waals surface area contributed by atoms with Crippen molar-refractivity contribution in [2.45, 2.75) is 26.2 Å². The van der Waals surface area contributed by atoms with Crippen molar-refractivity contribution in [2.24, 2.45) is 5.92 Å². The Balaban J connectivity index is 1.72. The molecule has 0 aromatic carbocycles. The van der Waals surface area contributed by atoms with Gasteiger partial charge in [-0.3, -0.25) is 9.78 Å². The summed E-state index contributed by atoms with van der Waals surface area (Å²) in [4.78, 5) is 25.9. The van der Waals surface area contributed by atoms with Crippen molar-refractivity contribution in [3.8, 4) is 11.1 Å². The van der Waals surface area contributed by atoms with E-state index in [9.17, 15) is 4.79 Å². The van der Waals surface area contributed by atoms with Gasteiger partial charge in [-0.25, -0.2) is 9.97 Å². The van der Waals surface area contributed by atoms with E-state index >= 15 is 0 Å². The van der Waals surface area contributed by atoms with E-state index in [-0.39, 0.29) is 5.91 Å². The molecule has 3 heterocycles. The summed E-state index contributed by atoms with van der Waals surface area (Å²) >= 11 is 0. The van der Waals surface area contributed by atoms with Crippen molar-refractivity contribution in [3.05, 3.63) is 42.7 Å². The lowest BCUT2D eigenvalue weighted by atomic mass is 9.91. The number of pyridine rings is 1. The Kier molecular flexibility index (Phi) is 4.42. The molecule has 114 valence electrons. The van der Waals surface area contributed by atoms with E-state index in [0.29, 0.717) is 5.92 Å². The van der Waals surface area contributed by atoms with Gasteiger partial charge in [0.1, 0.15) is 6.33 Å². The van der Waals surface area contributed by atoms with Gasteiger partial charge in [-0.1, -0.05) is 0 Å². The highest BCUT2D eigenvalue weighted by molar-refractivity contribution is 5.73. The molecule has 22 heavy (non-hydrogen) atoms. The van der Waals surface area contributed by atoms with Gasteiger partial charge >= 0.3 is 0 Å². The van der Waals surface area contributed by atoms with Crippen LogP contribution in [0.5, 0.6) is 0 Å². The lowest BCUT2D eigenvalue weighted by Gasteiger charge is -2.32. The molecule has 1 aliphatic rings. The first-order valence-electron chi connectivity index (χ1n) is 7.67. The summed E-state index contributed by atoms with van der Waals surface area (Å²) in [5.74, 6) is 0.694. The summed E-state index contributed by atoms with van der Waals surface area (Å²) in [6, 6.07) is 2.15. The monoisotopic (exact) mass is 296 g/mol. The largest absolute Gasteiger partial charge is 0.343 e. The Morgan fingerprint density at radius 3 is 2.73 bits per heavy atom. The molecule has 1 unspecified atom stereocenters. The second-order valence-electron chi connectivity index (χ2n) is 5.89. The van der Waals surface area contributed by atoms with E-state index in [4.69, 9.17) is 0 Å².